The minimum absolute atomic E-state index is 0.288. The van der Waals surface area contributed by atoms with Crippen LogP contribution in [-0.4, -0.2) is 12.0 Å². The van der Waals surface area contributed by atoms with E-state index in [-0.39, 0.29) is 5.76 Å². The third-order valence-electron chi connectivity index (χ3n) is 1.86. The molecule has 0 aromatic carbocycles. The number of nitriles is 1. The summed E-state index contributed by atoms with van der Waals surface area (Å²) in [7, 11) is 1.78. The molecule has 0 atom stereocenters. The van der Waals surface area contributed by atoms with Crippen molar-refractivity contribution in [3.8, 4) is 6.07 Å². The molecular weight excluding hydrogens is 246 g/mol. The standard InChI is InChI=1S/C9H6BrN3O/c1-12-9-8(10)6-2-5(3-11)14-7(6)4-13-9/h2,4H,1H3,(H,12,13). The topological polar surface area (TPSA) is 61.9 Å². The van der Waals surface area contributed by atoms with Gasteiger partial charge in [0, 0.05) is 18.5 Å². The molecular formula is C9H6BrN3O. The lowest BCUT2D eigenvalue weighted by atomic mass is 10.3. The Balaban J connectivity index is 2.76. The van der Waals surface area contributed by atoms with Gasteiger partial charge in [0.1, 0.15) is 11.9 Å². The van der Waals surface area contributed by atoms with Gasteiger partial charge in [-0.25, -0.2) is 4.98 Å². The van der Waals surface area contributed by atoms with E-state index in [1.54, 1.807) is 19.3 Å². The van der Waals surface area contributed by atoms with E-state index in [0.29, 0.717) is 5.58 Å². The molecule has 0 radical (unpaired) electrons. The summed E-state index contributed by atoms with van der Waals surface area (Å²) in [5.74, 6) is 1.01. The number of fused-ring (bicyclic) bond motifs is 1. The zero-order valence-electron chi connectivity index (χ0n) is 7.34. The summed E-state index contributed by atoms with van der Waals surface area (Å²) in [6.45, 7) is 0. The zero-order valence-corrected chi connectivity index (χ0v) is 8.92. The van der Waals surface area contributed by atoms with Crippen LogP contribution in [0.25, 0.3) is 11.0 Å². The summed E-state index contributed by atoms with van der Waals surface area (Å²) in [5.41, 5.74) is 0.604. The van der Waals surface area contributed by atoms with Gasteiger partial charge in [-0.1, -0.05) is 0 Å². The molecule has 0 amide bonds. The van der Waals surface area contributed by atoms with Crippen molar-refractivity contribution >= 4 is 32.7 Å². The lowest BCUT2D eigenvalue weighted by Crippen LogP contribution is -1.92. The highest BCUT2D eigenvalue weighted by Crippen LogP contribution is 2.31. The summed E-state index contributed by atoms with van der Waals surface area (Å²) in [6.07, 6.45) is 1.59. The smallest absolute Gasteiger partial charge is 0.204 e. The number of nitrogens with one attached hydrogen (secondary N) is 1. The summed E-state index contributed by atoms with van der Waals surface area (Å²) in [6, 6.07) is 3.63. The predicted molar refractivity (Wildman–Crippen MR) is 56.0 cm³/mol. The fourth-order valence-electron chi connectivity index (χ4n) is 1.21. The monoisotopic (exact) mass is 251 g/mol. The van der Waals surface area contributed by atoms with Crippen LogP contribution in [0.1, 0.15) is 5.76 Å². The van der Waals surface area contributed by atoms with E-state index >= 15 is 0 Å². The van der Waals surface area contributed by atoms with Crippen LogP contribution in [0.3, 0.4) is 0 Å². The Labute approximate surface area is 88.7 Å². The molecule has 4 nitrogen and oxygen atoms in total. The van der Waals surface area contributed by atoms with Gasteiger partial charge in [-0.15, -0.1) is 0 Å². The minimum Gasteiger partial charge on any atom is -0.444 e. The normalized spacial score (nSPS) is 10.1. The second-order valence-electron chi connectivity index (χ2n) is 2.67. The average Bonchev–Trinajstić information content (AvgIpc) is 2.62. The SMILES string of the molecule is CNc1ncc2oc(C#N)cc2c1Br. The first-order valence-electron chi connectivity index (χ1n) is 3.92. The van der Waals surface area contributed by atoms with Crippen molar-refractivity contribution in [3.63, 3.8) is 0 Å². The highest BCUT2D eigenvalue weighted by atomic mass is 79.9. The summed E-state index contributed by atoms with van der Waals surface area (Å²) >= 11 is 3.39. The third kappa shape index (κ3) is 1.24. The van der Waals surface area contributed by atoms with Crippen molar-refractivity contribution in [1.82, 2.24) is 4.98 Å². The number of pyridine rings is 1. The third-order valence-corrected chi connectivity index (χ3v) is 2.67. The van der Waals surface area contributed by atoms with Gasteiger partial charge in [0.05, 0.1) is 10.7 Å². The fourth-order valence-corrected chi connectivity index (χ4v) is 1.82. The van der Waals surface area contributed by atoms with Crippen LogP contribution < -0.4 is 5.32 Å². The molecule has 70 valence electrons. The maximum absolute atomic E-state index is 8.66. The van der Waals surface area contributed by atoms with Crippen LogP contribution in [0.4, 0.5) is 5.82 Å². The van der Waals surface area contributed by atoms with E-state index in [4.69, 9.17) is 9.68 Å². The fraction of sp³-hybridized carbons (Fsp3) is 0.111. The van der Waals surface area contributed by atoms with Gasteiger partial charge in [0.25, 0.3) is 0 Å². The Hall–Kier alpha value is -1.54. The van der Waals surface area contributed by atoms with Crippen molar-refractivity contribution in [3.05, 3.63) is 22.5 Å². The molecule has 0 spiro atoms. The van der Waals surface area contributed by atoms with Crippen molar-refractivity contribution in [2.24, 2.45) is 0 Å². The second-order valence-corrected chi connectivity index (χ2v) is 3.46. The summed E-state index contributed by atoms with van der Waals surface area (Å²) in [5, 5.41) is 12.4. The van der Waals surface area contributed by atoms with Gasteiger partial charge < -0.3 is 9.73 Å². The molecule has 0 bridgehead atoms. The Kier molecular flexibility index (Phi) is 2.14. The highest BCUT2D eigenvalue weighted by molar-refractivity contribution is 9.10. The van der Waals surface area contributed by atoms with Gasteiger partial charge in [-0.05, 0) is 15.9 Å². The van der Waals surface area contributed by atoms with Crippen LogP contribution in [0.5, 0.6) is 0 Å². The molecule has 0 aliphatic carbocycles. The quantitative estimate of drug-likeness (QED) is 0.846. The Bertz CT molecular complexity index is 527. The Morgan fingerprint density at radius 2 is 2.43 bits per heavy atom. The maximum atomic E-state index is 8.66. The van der Waals surface area contributed by atoms with E-state index in [1.165, 1.54) is 0 Å². The Morgan fingerprint density at radius 3 is 3.07 bits per heavy atom. The predicted octanol–water partition coefficient (Wildman–Crippen LogP) is 2.50. The Morgan fingerprint density at radius 1 is 1.64 bits per heavy atom. The van der Waals surface area contributed by atoms with Gasteiger partial charge in [0.15, 0.2) is 5.58 Å². The maximum Gasteiger partial charge on any atom is 0.204 e. The molecule has 0 fully saturated rings. The molecule has 2 aromatic rings. The molecule has 0 aliphatic rings. The molecule has 14 heavy (non-hydrogen) atoms. The number of anilines is 1. The van der Waals surface area contributed by atoms with E-state index in [1.807, 2.05) is 6.07 Å². The molecule has 2 aromatic heterocycles. The molecule has 0 aliphatic heterocycles. The molecule has 1 N–H and O–H groups in total. The average molecular weight is 252 g/mol. The number of hydrogen-bond donors (Lipinski definition) is 1. The molecule has 0 saturated heterocycles. The summed E-state index contributed by atoms with van der Waals surface area (Å²) < 4.78 is 6.02. The summed E-state index contributed by atoms with van der Waals surface area (Å²) in [4.78, 5) is 4.11. The van der Waals surface area contributed by atoms with Crippen molar-refractivity contribution < 1.29 is 4.42 Å². The molecule has 0 saturated carbocycles. The van der Waals surface area contributed by atoms with Gasteiger partial charge in [0.2, 0.25) is 5.76 Å². The first-order valence-corrected chi connectivity index (χ1v) is 4.71. The van der Waals surface area contributed by atoms with Crippen molar-refractivity contribution in [1.29, 1.82) is 5.26 Å². The number of furan rings is 1. The highest BCUT2D eigenvalue weighted by Gasteiger charge is 2.10. The van der Waals surface area contributed by atoms with Gasteiger partial charge in [-0.2, -0.15) is 5.26 Å². The lowest BCUT2D eigenvalue weighted by Gasteiger charge is -2.01. The van der Waals surface area contributed by atoms with Crippen molar-refractivity contribution in [2.75, 3.05) is 12.4 Å². The minimum atomic E-state index is 0.288. The number of rotatable bonds is 1. The first-order chi connectivity index (χ1) is 6.76. The number of halogens is 1. The van der Waals surface area contributed by atoms with Gasteiger partial charge >= 0.3 is 0 Å². The van der Waals surface area contributed by atoms with Crippen LogP contribution in [-0.2, 0) is 0 Å². The largest absolute Gasteiger partial charge is 0.444 e. The van der Waals surface area contributed by atoms with Crippen LogP contribution in [0, 0.1) is 11.3 Å². The molecule has 0 unspecified atom stereocenters. The second kappa shape index (κ2) is 3.31. The van der Waals surface area contributed by atoms with Crippen molar-refractivity contribution in [2.45, 2.75) is 0 Å². The van der Waals surface area contributed by atoms with E-state index in [0.717, 1.165) is 15.7 Å². The van der Waals surface area contributed by atoms with Crippen LogP contribution in [0.2, 0.25) is 0 Å². The van der Waals surface area contributed by atoms with E-state index < -0.39 is 0 Å². The van der Waals surface area contributed by atoms with Crippen LogP contribution in [0.15, 0.2) is 21.2 Å². The number of nitrogens with zero attached hydrogens (tertiary/aromatic N) is 2. The molecule has 5 heteroatoms. The first kappa shape index (κ1) is 9.03. The van der Waals surface area contributed by atoms with E-state index in [9.17, 15) is 0 Å². The van der Waals surface area contributed by atoms with Gasteiger partial charge in [-0.3, -0.25) is 0 Å². The lowest BCUT2D eigenvalue weighted by molar-refractivity contribution is 0.598. The number of aromatic nitrogens is 1. The molecule has 2 heterocycles. The van der Waals surface area contributed by atoms with Crippen LogP contribution >= 0.6 is 15.9 Å². The van der Waals surface area contributed by atoms with E-state index in [2.05, 4.69) is 26.2 Å². The number of hydrogen-bond acceptors (Lipinski definition) is 4. The zero-order chi connectivity index (χ0) is 10.1. The molecule has 2 rings (SSSR count).